The summed E-state index contributed by atoms with van der Waals surface area (Å²) in [7, 11) is 3.31. The van der Waals surface area contributed by atoms with Crippen LogP contribution < -0.4 is 5.32 Å². The highest BCUT2D eigenvalue weighted by molar-refractivity contribution is 5.90. The van der Waals surface area contributed by atoms with Crippen LogP contribution in [0, 0.1) is 15.9 Å². The van der Waals surface area contributed by atoms with Crippen molar-refractivity contribution < 1.29 is 14.1 Å². The van der Waals surface area contributed by atoms with Crippen molar-refractivity contribution in [2.24, 2.45) is 0 Å². The summed E-state index contributed by atoms with van der Waals surface area (Å²) in [5.74, 6) is -0.621. The molecule has 112 valence electrons. The van der Waals surface area contributed by atoms with E-state index in [1.165, 1.54) is 6.20 Å². The van der Waals surface area contributed by atoms with Gasteiger partial charge >= 0.3 is 0 Å². The molecule has 0 spiro atoms. The van der Waals surface area contributed by atoms with Gasteiger partial charge in [-0.05, 0) is 25.6 Å². The molecule has 0 bridgehead atoms. The molecule has 1 N–H and O–H groups in total. The lowest BCUT2D eigenvalue weighted by Gasteiger charge is -2.16. The third kappa shape index (κ3) is 3.14. The summed E-state index contributed by atoms with van der Waals surface area (Å²) in [4.78, 5) is 14.6. The van der Waals surface area contributed by atoms with E-state index < -0.39 is 10.7 Å². The van der Waals surface area contributed by atoms with Crippen LogP contribution >= 0.6 is 0 Å². The van der Waals surface area contributed by atoms with Crippen molar-refractivity contribution in [1.29, 1.82) is 0 Å². The number of nitro groups is 1. The maximum atomic E-state index is 14.3. The summed E-state index contributed by atoms with van der Waals surface area (Å²) >= 11 is 0. The molecule has 0 amide bonds. The van der Waals surface area contributed by atoms with Crippen molar-refractivity contribution in [3.05, 3.63) is 45.9 Å². The van der Waals surface area contributed by atoms with Gasteiger partial charge in [0, 0.05) is 24.9 Å². The van der Waals surface area contributed by atoms with Crippen molar-refractivity contribution in [2.75, 3.05) is 20.8 Å². The van der Waals surface area contributed by atoms with Crippen LogP contribution in [0.3, 0.4) is 0 Å². The molecule has 2 rings (SSSR count). The molecule has 0 aliphatic rings. The number of nitrogens with one attached hydrogen (secondary N) is 1. The number of fused-ring (bicyclic) bond motifs is 1. The fourth-order valence-electron chi connectivity index (χ4n) is 2.29. The number of non-ortho nitro benzene ring substituents is 1. The maximum absolute atomic E-state index is 14.3. The summed E-state index contributed by atoms with van der Waals surface area (Å²) in [6.07, 6.45) is 1.83. The summed E-state index contributed by atoms with van der Waals surface area (Å²) in [6.45, 7) is 0.404. The van der Waals surface area contributed by atoms with Crippen LogP contribution in [0.15, 0.2) is 24.4 Å². The van der Waals surface area contributed by atoms with E-state index in [0.29, 0.717) is 29.5 Å². The second-order valence-corrected chi connectivity index (χ2v) is 4.66. The molecule has 0 saturated carbocycles. The standard InChI is InChI=1S/C14H16FN3O3/c1-16-9(8-21-2)6-11-12(15)7-13(18(19)20)10-4-3-5-17-14(10)11/h3-5,7,9,16H,6,8H2,1-2H3. The van der Waals surface area contributed by atoms with E-state index in [0.717, 1.165) is 6.07 Å². The van der Waals surface area contributed by atoms with Crippen LogP contribution in [0.5, 0.6) is 0 Å². The molecule has 0 aliphatic carbocycles. The lowest BCUT2D eigenvalue weighted by Crippen LogP contribution is -2.32. The van der Waals surface area contributed by atoms with Crippen LogP contribution in [0.25, 0.3) is 10.9 Å². The highest BCUT2D eigenvalue weighted by atomic mass is 19.1. The first-order chi connectivity index (χ1) is 10.1. The Hall–Kier alpha value is -2.12. The highest BCUT2D eigenvalue weighted by Gasteiger charge is 2.21. The fourth-order valence-corrected chi connectivity index (χ4v) is 2.29. The quantitative estimate of drug-likeness (QED) is 0.651. The Bertz CT molecular complexity index is 663. The number of methoxy groups -OCH3 is 1. The Balaban J connectivity index is 2.56. The topological polar surface area (TPSA) is 77.3 Å². The highest BCUT2D eigenvalue weighted by Crippen LogP contribution is 2.29. The van der Waals surface area contributed by atoms with E-state index in [2.05, 4.69) is 10.3 Å². The molecule has 1 aromatic carbocycles. The van der Waals surface area contributed by atoms with Gasteiger partial charge in [0.05, 0.1) is 28.5 Å². The molecular weight excluding hydrogens is 277 g/mol. The molecule has 1 unspecified atom stereocenters. The first-order valence-electron chi connectivity index (χ1n) is 6.45. The van der Waals surface area contributed by atoms with Gasteiger partial charge in [-0.3, -0.25) is 15.1 Å². The normalized spacial score (nSPS) is 12.5. The first-order valence-corrected chi connectivity index (χ1v) is 6.45. The van der Waals surface area contributed by atoms with Crippen LogP contribution in [0.4, 0.5) is 10.1 Å². The number of ether oxygens (including phenoxy) is 1. The third-order valence-corrected chi connectivity index (χ3v) is 3.34. The van der Waals surface area contributed by atoms with Gasteiger partial charge < -0.3 is 10.1 Å². The number of hydrogen-bond acceptors (Lipinski definition) is 5. The van der Waals surface area contributed by atoms with Crippen LogP contribution in [-0.2, 0) is 11.2 Å². The Morgan fingerprint density at radius 3 is 2.95 bits per heavy atom. The van der Waals surface area contributed by atoms with Gasteiger partial charge in [-0.1, -0.05) is 0 Å². The number of pyridine rings is 1. The zero-order chi connectivity index (χ0) is 15.4. The van der Waals surface area contributed by atoms with Crippen LogP contribution in [0.2, 0.25) is 0 Å². The molecular formula is C14H16FN3O3. The Morgan fingerprint density at radius 2 is 2.33 bits per heavy atom. The Kier molecular flexibility index (Phi) is 4.77. The first kappa shape index (κ1) is 15.3. The van der Waals surface area contributed by atoms with Gasteiger partial charge in [-0.15, -0.1) is 0 Å². The number of benzene rings is 1. The SMILES string of the molecule is CNC(COC)Cc1c(F)cc([N+](=O)[O-])c2cccnc12. The zero-order valence-electron chi connectivity index (χ0n) is 11.8. The second-order valence-electron chi connectivity index (χ2n) is 4.66. The largest absolute Gasteiger partial charge is 0.383 e. The van der Waals surface area contributed by atoms with E-state index >= 15 is 0 Å². The molecule has 1 aromatic heterocycles. The van der Waals surface area contributed by atoms with E-state index in [-0.39, 0.29) is 11.7 Å². The van der Waals surface area contributed by atoms with E-state index in [4.69, 9.17) is 4.74 Å². The van der Waals surface area contributed by atoms with Crippen molar-refractivity contribution in [1.82, 2.24) is 10.3 Å². The number of nitrogens with zero attached hydrogens (tertiary/aromatic N) is 2. The third-order valence-electron chi connectivity index (χ3n) is 3.34. The van der Waals surface area contributed by atoms with Crippen LogP contribution in [-0.4, -0.2) is 36.7 Å². The maximum Gasteiger partial charge on any atom is 0.281 e. The van der Waals surface area contributed by atoms with E-state index in [1.54, 1.807) is 26.3 Å². The van der Waals surface area contributed by atoms with Gasteiger partial charge in [0.15, 0.2) is 0 Å². The molecule has 1 heterocycles. The average Bonchev–Trinajstić information content (AvgIpc) is 2.48. The van der Waals surface area contributed by atoms with Gasteiger partial charge in [0.2, 0.25) is 0 Å². The monoisotopic (exact) mass is 293 g/mol. The number of likely N-dealkylation sites (N-methyl/N-ethyl adjacent to an activating group) is 1. The van der Waals surface area contributed by atoms with Gasteiger partial charge in [-0.2, -0.15) is 0 Å². The van der Waals surface area contributed by atoms with Crippen molar-refractivity contribution in [3.63, 3.8) is 0 Å². The minimum absolute atomic E-state index is 0.101. The van der Waals surface area contributed by atoms with Crippen LogP contribution in [0.1, 0.15) is 5.56 Å². The van der Waals surface area contributed by atoms with Crippen molar-refractivity contribution >= 4 is 16.6 Å². The molecule has 0 fully saturated rings. The molecule has 0 radical (unpaired) electrons. The number of rotatable bonds is 6. The predicted octanol–water partition coefficient (Wildman–Crippen LogP) is 2.06. The minimum Gasteiger partial charge on any atom is -0.383 e. The molecule has 0 saturated heterocycles. The minimum atomic E-state index is -0.621. The number of aromatic nitrogens is 1. The fraction of sp³-hybridized carbons (Fsp3) is 0.357. The number of nitro benzene ring substituents is 1. The lowest BCUT2D eigenvalue weighted by molar-refractivity contribution is -0.383. The predicted molar refractivity (Wildman–Crippen MR) is 76.8 cm³/mol. The Morgan fingerprint density at radius 1 is 1.57 bits per heavy atom. The molecule has 7 heteroatoms. The molecule has 6 nitrogen and oxygen atoms in total. The summed E-state index contributed by atoms with van der Waals surface area (Å²) < 4.78 is 19.3. The molecule has 1 atom stereocenters. The number of hydrogen-bond donors (Lipinski definition) is 1. The average molecular weight is 293 g/mol. The smallest absolute Gasteiger partial charge is 0.281 e. The molecule has 21 heavy (non-hydrogen) atoms. The van der Waals surface area contributed by atoms with Gasteiger partial charge in [-0.25, -0.2) is 4.39 Å². The zero-order valence-corrected chi connectivity index (χ0v) is 11.8. The lowest BCUT2D eigenvalue weighted by atomic mass is 10.0. The van der Waals surface area contributed by atoms with Crippen molar-refractivity contribution in [3.8, 4) is 0 Å². The molecule has 2 aromatic rings. The second kappa shape index (κ2) is 6.55. The van der Waals surface area contributed by atoms with Gasteiger partial charge in [0.25, 0.3) is 5.69 Å². The summed E-state index contributed by atoms with van der Waals surface area (Å²) in [5.41, 5.74) is 0.403. The van der Waals surface area contributed by atoms with Crippen molar-refractivity contribution in [2.45, 2.75) is 12.5 Å². The Labute approximate surface area is 121 Å². The molecule has 0 aliphatic heterocycles. The summed E-state index contributed by atoms with van der Waals surface area (Å²) in [6, 6.07) is 4.03. The number of halogens is 1. The van der Waals surface area contributed by atoms with Gasteiger partial charge in [0.1, 0.15) is 5.82 Å². The summed E-state index contributed by atoms with van der Waals surface area (Å²) in [5, 5.41) is 14.4. The van der Waals surface area contributed by atoms with E-state index in [1.807, 2.05) is 0 Å². The van der Waals surface area contributed by atoms with E-state index in [9.17, 15) is 14.5 Å².